The first-order valence-corrected chi connectivity index (χ1v) is 7.16. The van der Waals surface area contributed by atoms with Gasteiger partial charge in [0.1, 0.15) is 0 Å². The maximum atomic E-state index is 12.3. The van der Waals surface area contributed by atoms with Crippen molar-refractivity contribution in [1.29, 1.82) is 0 Å². The Labute approximate surface area is 120 Å². The summed E-state index contributed by atoms with van der Waals surface area (Å²) in [6, 6.07) is 0. The van der Waals surface area contributed by atoms with E-state index in [-0.39, 0.29) is 17.9 Å². The molecule has 0 spiro atoms. The van der Waals surface area contributed by atoms with Crippen LogP contribution in [0.1, 0.15) is 56.6 Å². The van der Waals surface area contributed by atoms with E-state index in [1.807, 2.05) is 27.8 Å². The highest BCUT2D eigenvalue weighted by Crippen LogP contribution is 2.39. The number of rotatable bonds is 4. The van der Waals surface area contributed by atoms with Gasteiger partial charge in [-0.15, -0.1) is 0 Å². The van der Waals surface area contributed by atoms with Gasteiger partial charge in [0.05, 0.1) is 16.9 Å². The number of aliphatic hydroxyl groups is 1. The van der Waals surface area contributed by atoms with Crippen LogP contribution in [0.4, 0.5) is 0 Å². The Hall–Kier alpha value is -1.36. The van der Waals surface area contributed by atoms with Crippen LogP contribution in [-0.4, -0.2) is 32.9 Å². The summed E-state index contributed by atoms with van der Waals surface area (Å²) in [6.07, 6.45) is 3.83. The van der Waals surface area contributed by atoms with Crippen LogP contribution in [-0.2, 0) is 12.5 Å². The number of aromatic nitrogens is 2. The fourth-order valence-electron chi connectivity index (χ4n) is 2.41. The summed E-state index contributed by atoms with van der Waals surface area (Å²) in [7, 11) is 1.81. The Kier molecular flexibility index (Phi) is 3.67. The molecule has 0 aromatic carbocycles. The molecule has 0 bridgehead atoms. The molecule has 0 aliphatic heterocycles. The van der Waals surface area contributed by atoms with E-state index in [1.54, 1.807) is 17.8 Å². The maximum Gasteiger partial charge on any atom is 0.254 e. The lowest BCUT2D eigenvalue weighted by atomic mass is 9.89. The van der Waals surface area contributed by atoms with E-state index < -0.39 is 5.60 Å². The maximum absolute atomic E-state index is 12.3. The molecule has 1 aromatic rings. The number of carbonyl (C=O) groups is 1. The second-order valence-corrected chi connectivity index (χ2v) is 7.13. The highest BCUT2D eigenvalue weighted by atomic mass is 16.3. The predicted octanol–water partition coefficient (Wildman–Crippen LogP) is 1.61. The van der Waals surface area contributed by atoms with Crippen molar-refractivity contribution >= 4 is 5.91 Å². The van der Waals surface area contributed by atoms with Gasteiger partial charge in [-0.25, -0.2) is 0 Å². The lowest BCUT2D eigenvalue weighted by Crippen LogP contribution is -2.42. The molecule has 1 aliphatic rings. The molecular formula is C15H25N3O2. The zero-order chi connectivity index (χ0) is 15.1. The van der Waals surface area contributed by atoms with Crippen molar-refractivity contribution in [1.82, 2.24) is 15.1 Å². The van der Waals surface area contributed by atoms with Crippen LogP contribution in [0.5, 0.6) is 0 Å². The molecule has 0 saturated heterocycles. The van der Waals surface area contributed by atoms with E-state index >= 15 is 0 Å². The van der Waals surface area contributed by atoms with Crippen molar-refractivity contribution in [3.8, 4) is 0 Å². The summed E-state index contributed by atoms with van der Waals surface area (Å²) in [5.41, 5.74) is 0.377. The average Bonchev–Trinajstić information content (AvgIpc) is 3.09. The monoisotopic (exact) mass is 279 g/mol. The van der Waals surface area contributed by atoms with Crippen LogP contribution in [0.3, 0.4) is 0 Å². The van der Waals surface area contributed by atoms with Gasteiger partial charge in [0, 0.05) is 25.2 Å². The van der Waals surface area contributed by atoms with Gasteiger partial charge in [-0.1, -0.05) is 20.8 Å². The molecule has 1 fully saturated rings. The molecule has 0 radical (unpaired) electrons. The summed E-state index contributed by atoms with van der Waals surface area (Å²) >= 11 is 0. The number of nitrogens with one attached hydrogen (secondary N) is 1. The zero-order valence-corrected chi connectivity index (χ0v) is 13.0. The molecule has 5 heteroatoms. The van der Waals surface area contributed by atoms with Crippen LogP contribution in [0.2, 0.25) is 0 Å². The van der Waals surface area contributed by atoms with Crippen molar-refractivity contribution in [2.24, 2.45) is 13.0 Å². The summed E-state index contributed by atoms with van der Waals surface area (Å²) in [5.74, 6) is 0.155. The van der Waals surface area contributed by atoms with Crippen molar-refractivity contribution in [3.05, 3.63) is 17.5 Å². The van der Waals surface area contributed by atoms with E-state index in [0.717, 1.165) is 18.5 Å². The first kappa shape index (κ1) is 15.0. The van der Waals surface area contributed by atoms with E-state index in [4.69, 9.17) is 0 Å². The van der Waals surface area contributed by atoms with Gasteiger partial charge in [0.25, 0.3) is 5.91 Å². The van der Waals surface area contributed by atoms with Gasteiger partial charge in [-0.05, 0) is 25.7 Å². The lowest BCUT2D eigenvalue weighted by molar-refractivity contribution is 0.0354. The lowest BCUT2D eigenvalue weighted by Gasteiger charge is -2.23. The molecule has 5 nitrogen and oxygen atoms in total. The van der Waals surface area contributed by atoms with Gasteiger partial charge < -0.3 is 10.4 Å². The third-order valence-electron chi connectivity index (χ3n) is 3.85. The molecule has 1 unspecified atom stereocenters. The standard InChI is InChI=1S/C15H25N3O2/c1-14(2,3)12-11(8-18(5)17-12)13(19)16-9-15(4,20)10-6-7-10/h8,10,20H,6-7,9H2,1-5H3,(H,16,19). The van der Waals surface area contributed by atoms with Crippen molar-refractivity contribution in [2.45, 2.75) is 51.6 Å². The number of hydrogen-bond donors (Lipinski definition) is 2. The summed E-state index contributed by atoms with van der Waals surface area (Å²) in [6.45, 7) is 8.18. The first-order valence-electron chi connectivity index (χ1n) is 7.16. The molecule has 1 aromatic heterocycles. The number of carbonyl (C=O) groups excluding carboxylic acids is 1. The summed E-state index contributed by atoms with van der Waals surface area (Å²) < 4.78 is 1.66. The van der Waals surface area contributed by atoms with Crippen LogP contribution >= 0.6 is 0 Å². The van der Waals surface area contributed by atoms with E-state index in [0.29, 0.717) is 11.5 Å². The SMILES string of the molecule is Cn1cc(C(=O)NCC(C)(O)C2CC2)c(C(C)(C)C)n1. The minimum Gasteiger partial charge on any atom is -0.388 e. The third kappa shape index (κ3) is 3.20. The molecule has 2 N–H and O–H groups in total. The fraction of sp³-hybridized carbons (Fsp3) is 0.733. The van der Waals surface area contributed by atoms with Crippen LogP contribution in [0.25, 0.3) is 0 Å². The Morgan fingerprint density at radius 1 is 1.45 bits per heavy atom. The number of nitrogens with zero attached hydrogens (tertiary/aromatic N) is 2. The van der Waals surface area contributed by atoms with Crippen LogP contribution < -0.4 is 5.32 Å². The molecule has 20 heavy (non-hydrogen) atoms. The van der Waals surface area contributed by atoms with Gasteiger partial charge in [0.2, 0.25) is 0 Å². The number of aryl methyl sites for hydroxylation is 1. The second-order valence-electron chi connectivity index (χ2n) is 7.13. The largest absolute Gasteiger partial charge is 0.388 e. The molecule has 1 atom stereocenters. The Bertz CT molecular complexity index is 508. The highest BCUT2D eigenvalue weighted by molar-refractivity contribution is 5.95. The summed E-state index contributed by atoms with van der Waals surface area (Å²) in [5, 5.41) is 17.5. The molecule has 1 heterocycles. The molecule has 1 amide bonds. The number of amides is 1. The minimum atomic E-state index is -0.806. The summed E-state index contributed by atoms with van der Waals surface area (Å²) in [4.78, 5) is 12.3. The van der Waals surface area contributed by atoms with Crippen LogP contribution in [0.15, 0.2) is 6.20 Å². The molecule has 2 rings (SSSR count). The van der Waals surface area contributed by atoms with Crippen LogP contribution in [0, 0.1) is 5.92 Å². The Morgan fingerprint density at radius 3 is 2.55 bits per heavy atom. The second kappa shape index (κ2) is 4.88. The highest BCUT2D eigenvalue weighted by Gasteiger charge is 2.40. The predicted molar refractivity (Wildman–Crippen MR) is 77.6 cm³/mol. The quantitative estimate of drug-likeness (QED) is 0.880. The molecular weight excluding hydrogens is 254 g/mol. The van der Waals surface area contributed by atoms with Gasteiger partial charge >= 0.3 is 0 Å². The Morgan fingerprint density at radius 2 is 2.05 bits per heavy atom. The number of hydrogen-bond acceptors (Lipinski definition) is 3. The first-order chi connectivity index (χ1) is 9.11. The fourth-order valence-corrected chi connectivity index (χ4v) is 2.41. The van der Waals surface area contributed by atoms with Crippen molar-refractivity contribution in [2.75, 3.05) is 6.54 Å². The zero-order valence-electron chi connectivity index (χ0n) is 13.0. The molecule has 112 valence electrons. The van der Waals surface area contributed by atoms with Gasteiger partial charge in [-0.3, -0.25) is 9.48 Å². The van der Waals surface area contributed by atoms with E-state index in [9.17, 15) is 9.90 Å². The van der Waals surface area contributed by atoms with Gasteiger partial charge in [0.15, 0.2) is 0 Å². The molecule has 1 saturated carbocycles. The van der Waals surface area contributed by atoms with E-state index in [2.05, 4.69) is 10.4 Å². The van der Waals surface area contributed by atoms with E-state index in [1.165, 1.54) is 0 Å². The third-order valence-corrected chi connectivity index (χ3v) is 3.85. The normalized spacial score (nSPS) is 18.7. The topological polar surface area (TPSA) is 67.2 Å². The smallest absolute Gasteiger partial charge is 0.254 e. The van der Waals surface area contributed by atoms with Gasteiger partial charge in [-0.2, -0.15) is 5.10 Å². The molecule has 1 aliphatic carbocycles. The van der Waals surface area contributed by atoms with Crippen molar-refractivity contribution in [3.63, 3.8) is 0 Å². The minimum absolute atomic E-state index is 0.163. The average molecular weight is 279 g/mol. The van der Waals surface area contributed by atoms with Crippen molar-refractivity contribution < 1.29 is 9.90 Å². The Balaban J connectivity index is 2.09.